The number of hydrogen-bond acceptors (Lipinski definition) is 7. The molecule has 0 saturated carbocycles. The van der Waals surface area contributed by atoms with Gasteiger partial charge in [0.15, 0.2) is 17.5 Å². The van der Waals surface area contributed by atoms with Crippen molar-refractivity contribution in [3.05, 3.63) is 188 Å². The normalized spacial score (nSPS) is 12.1. The summed E-state index contributed by atoms with van der Waals surface area (Å²) >= 11 is 5.38. The van der Waals surface area contributed by atoms with Crippen molar-refractivity contribution in [1.29, 1.82) is 0 Å². The average molecular weight is 870 g/mol. The minimum atomic E-state index is 0.632. The molecule has 0 amide bonds. The van der Waals surface area contributed by atoms with Crippen LogP contribution in [0.2, 0.25) is 0 Å². The molecule has 0 saturated heterocycles. The van der Waals surface area contributed by atoms with Crippen LogP contribution in [-0.2, 0) is 0 Å². The number of aromatic nitrogens is 5. The molecule has 5 nitrogen and oxygen atoms in total. The Morgan fingerprint density at radius 3 is 1.81 bits per heavy atom. The predicted molar refractivity (Wildman–Crippen MR) is 272 cm³/mol. The van der Waals surface area contributed by atoms with Crippen LogP contribution in [0.25, 0.3) is 133 Å². The summed E-state index contributed by atoms with van der Waals surface area (Å²) in [5.74, 6) is 1.92. The Morgan fingerprint density at radius 2 is 0.953 bits per heavy atom. The van der Waals surface area contributed by atoms with Crippen molar-refractivity contribution in [2.45, 2.75) is 0 Å². The van der Waals surface area contributed by atoms with Crippen molar-refractivity contribution in [2.75, 3.05) is 0 Å². The molecule has 0 fully saturated rings. The molecule has 0 bridgehead atoms. The van der Waals surface area contributed by atoms with Gasteiger partial charge in [0, 0.05) is 101 Å². The van der Waals surface area contributed by atoms with Crippen molar-refractivity contribution >= 4 is 116 Å². The van der Waals surface area contributed by atoms with Crippen molar-refractivity contribution in [3.8, 4) is 51.0 Å². The summed E-state index contributed by atoms with van der Waals surface area (Å²) in [7, 11) is 0. The summed E-state index contributed by atoms with van der Waals surface area (Å²) in [5.41, 5.74) is 8.61. The number of pyridine rings is 1. The first kappa shape index (κ1) is 35.9. The summed E-state index contributed by atoms with van der Waals surface area (Å²) < 4.78 is 9.68. The van der Waals surface area contributed by atoms with Gasteiger partial charge < -0.3 is 4.57 Å². The molecule has 6 aromatic heterocycles. The molecule has 14 rings (SSSR count). The number of rotatable bonds is 5. The summed E-state index contributed by atoms with van der Waals surface area (Å²) in [5, 5.41) is 9.76. The van der Waals surface area contributed by atoms with Gasteiger partial charge in [-0.15, -0.1) is 34.0 Å². The summed E-state index contributed by atoms with van der Waals surface area (Å²) in [6, 6.07) is 63.4. The van der Waals surface area contributed by atoms with E-state index in [0.29, 0.717) is 17.5 Å². The van der Waals surface area contributed by atoms with Gasteiger partial charge in [0.05, 0.1) is 15.7 Å². The molecule has 298 valence electrons. The fourth-order valence-corrected chi connectivity index (χ4v) is 13.1. The third-order valence-electron chi connectivity index (χ3n) is 12.6. The zero-order valence-electron chi connectivity index (χ0n) is 33.9. The minimum Gasteiger partial charge on any atom is -0.309 e. The van der Waals surface area contributed by atoms with E-state index in [9.17, 15) is 0 Å². The molecule has 0 aliphatic rings. The molecule has 0 atom stereocenters. The SMILES string of the molecule is c1ccc(-c2nc(-c3cccc4c3sc3ccccc34)nc(-c3cc(-n4c5ccccc5c5cc(-c6ccc7sc8ccccc8c7c6)ccc54)cc4c3sc3cnccc34)n2)cc1. The van der Waals surface area contributed by atoms with Crippen molar-refractivity contribution < 1.29 is 0 Å². The molecule has 6 heterocycles. The fraction of sp³-hybridized carbons (Fsp3) is 0. The second kappa shape index (κ2) is 13.9. The molecule has 0 unspecified atom stereocenters. The van der Waals surface area contributed by atoms with Gasteiger partial charge in [0.2, 0.25) is 0 Å². The number of para-hydroxylation sites is 1. The third kappa shape index (κ3) is 5.47. The Kier molecular flexibility index (Phi) is 7.83. The molecule has 0 N–H and O–H groups in total. The lowest BCUT2D eigenvalue weighted by Gasteiger charge is -2.13. The fourth-order valence-electron chi connectivity index (χ4n) is 9.61. The van der Waals surface area contributed by atoms with Crippen LogP contribution >= 0.6 is 34.0 Å². The van der Waals surface area contributed by atoms with Gasteiger partial charge in [0.1, 0.15) is 0 Å². The van der Waals surface area contributed by atoms with Crippen LogP contribution in [0.15, 0.2) is 188 Å². The molecule has 64 heavy (non-hydrogen) atoms. The average Bonchev–Trinajstić information content (AvgIpc) is 4.12. The quantitative estimate of drug-likeness (QED) is 0.173. The van der Waals surface area contributed by atoms with E-state index in [0.717, 1.165) is 53.6 Å². The zero-order chi connectivity index (χ0) is 41.9. The summed E-state index contributed by atoms with van der Waals surface area (Å²) in [6.45, 7) is 0. The number of nitrogens with zero attached hydrogens (tertiary/aromatic N) is 5. The first-order valence-electron chi connectivity index (χ1n) is 21.2. The largest absolute Gasteiger partial charge is 0.309 e. The molecule has 0 aliphatic carbocycles. The Bertz CT molecular complexity index is 4210. The summed E-state index contributed by atoms with van der Waals surface area (Å²) in [4.78, 5) is 20.5. The molecule has 0 aliphatic heterocycles. The highest BCUT2D eigenvalue weighted by Crippen LogP contribution is 2.45. The van der Waals surface area contributed by atoms with Crippen molar-refractivity contribution in [3.63, 3.8) is 0 Å². The predicted octanol–water partition coefficient (Wildman–Crippen LogP) is 16.1. The molecular formula is C56H31N5S3. The van der Waals surface area contributed by atoms with E-state index >= 15 is 0 Å². The van der Waals surface area contributed by atoms with Crippen LogP contribution in [0.4, 0.5) is 0 Å². The Balaban J connectivity index is 1.02. The van der Waals surface area contributed by atoms with E-state index in [1.807, 2.05) is 41.9 Å². The lowest BCUT2D eigenvalue weighted by Crippen LogP contribution is -2.01. The Morgan fingerprint density at radius 1 is 0.344 bits per heavy atom. The monoisotopic (exact) mass is 869 g/mol. The van der Waals surface area contributed by atoms with Gasteiger partial charge in [-0.05, 0) is 77.9 Å². The lowest BCUT2D eigenvalue weighted by molar-refractivity contribution is 1.08. The maximum atomic E-state index is 5.44. The first-order valence-corrected chi connectivity index (χ1v) is 23.6. The maximum absolute atomic E-state index is 5.44. The van der Waals surface area contributed by atoms with E-state index in [2.05, 4.69) is 167 Å². The summed E-state index contributed by atoms with van der Waals surface area (Å²) in [6.07, 6.45) is 3.86. The first-order chi connectivity index (χ1) is 31.7. The minimum absolute atomic E-state index is 0.632. The smallest absolute Gasteiger partial charge is 0.165 e. The van der Waals surface area contributed by atoms with E-state index in [1.54, 1.807) is 22.7 Å². The molecule has 14 aromatic rings. The Labute approximate surface area is 377 Å². The van der Waals surface area contributed by atoms with E-state index < -0.39 is 0 Å². The van der Waals surface area contributed by atoms with Gasteiger partial charge >= 0.3 is 0 Å². The van der Waals surface area contributed by atoms with Crippen LogP contribution in [-0.4, -0.2) is 24.5 Å². The van der Waals surface area contributed by atoms with E-state index in [-0.39, 0.29) is 0 Å². The van der Waals surface area contributed by atoms with Crippen LogP contribution in [0, 0.1) is 0 Å². The Hall–Kier alpha value is -7.62. The highest BCUT2D eigenvalue weighted by Gasteiger charge is 2.22. The second-order valence-corrected chi connectivity index (χ2v) is 19.4. The molecule has 0 spiro atoms. The lowest BCUT2D eigenvalue weighted by atomic mass is 10.0. The number of thiophene rings is 3. The maximum Gasteiger partial charge on any atom is 0.165 e. The van der Waals surface area contributed by atoms with E-state index in [1.165, 1.54) is 62.2 Å². The number of fused-ring (bicyclic) bond motifs is 12. The standard InChI is InChI=1S/C56H31N5S3/c1-2-11-32(12-3-1)54-58-55(41-17-10-16-40-37-14-5-9-20-49(37)63-52(40)41)60-56(59-54)45-30-35(29-44-39-25-26-57-31-51(39)64-53(44)45)61-46-18-7-4-13-36(46)42-27-33(21-23-47(42)61)34-22-24-50-43(28-34)38-15-6-8-19-48(38)62-50/h1-31H. The zero-order valence-corrected chi connectivity index (χ0v) is 36.3. The van der Waals surface area contributed by atoms with Crippen LogP contribution in [0.5, 0.6) is 0 Å². The molecule has 8 heteroatoms. The van der Waals surface area contributed by atoms with Crippen LogP contribution in [0.1, 0.15) is 0 Å². The van der Waals surface area contributed by atoms with Gasteiger partial charge in [-0.25, -0.2) is 15.0 Å². The van der Waals surface area contributed by atoms with E-state index in [4.69, 9.17) is 15.0 Å². The van der Waals surface area contributed by atoms with Crippen molar-refractivity contribution in [2.24, 2.45) is 0 Å². The molecule has 8 aromatic carbocycles. The molecular weight excluding hydrogens is 839 g/mol. The highest BCUT2D eigenvalue weighted by molar-refractivity contribution is 7.27. The highest BCUT2D eigenvalue weighted by atomic mass is 32.1. The van der Waals surface area contributed by atoms with Gasteiger partial charge in [-0.2, -0.15) is 0 Å². The van der Waals surface area contributed by atoms with Crippen LogP contribution in [0.3, 0.4) is 0 Å². The van der Waals surface area contributed by atoms with Gasteiger partial charge in [0.25, 0.3) is 0 Å². The number of hydrogen-bond donors (Lipinski definition) is 0. The topological polar surface area (TPSA) is 56.5 Å². The number of benzene rings is 8. The third-order valence-corrected chi connectivity index (χ3v) is 16.1. The second-order valence-electron chi connectivity index (χ2n) is 16.2. The van der Waals surface area contributed by atoms with Crippen molar-refractivity contribution in [1.82, 2.24) is 24.5 Å². The molecule has 0 radical (unpaired) electrons. The van der Waals surface area contributed by atoms with Crippen LogP contribution < -0.4 is 0 Å². The van der Waals surface area contributed by atoms with Gasteiger partial charge in [-0.1, -0.05) is 109 Å². The van der Waals surface area contributed by atoms with Gasteiger partial charge in [-0.3, -0.25) is 4.98 Å².